The van der Waals surface area contributed by atoms with Crippen LogP contribution >= 0.6 is 0 Å². The zero-order valence-corrected chi connectivity index (χ0v) is 22.7. The summed E-state index contributed by atoms with van der Waals surface area (Å²) in [6.45, 7) is 6.75. The molecule has 0 bridgehead atoms. The summed E-state index contributed by atoms with van der Waals surface area (Å²) in [5.41, 5.74) is 1.56. The van der Waals surface area contributed by atoms with Crippen LogP contribution in [0.25, 0.3) is 0 Å². The molecule has 1 N–H and O–H groups in total. The zero-order chi connectivity index (χ0) is 28.4. The van der Waals surface area contributed by atoms with Gasteiger partial charge in [-0.1, -0.05) is 32.9 Å². The third-order valence-corrected chi connectivity index (χ3v) is 8.43. The predicted molar refractivity (Wildman–Crippen MR) is 141 cm³/mol. The van der Waals surface area contributed by atoms with Gasteiger partial charge in [-0.25, -0.2) is 12.8 Å². The Morgan fingerprint density at radius 1 is 0.897 bits per heavy atom. The van der Waals surface area contributed by atoms with Crippen LogP contribution in [0.4, 0.5) is 4.39 Å². The van der Waals surface area contributed by atoms with Crippen molar-refractivity contribution >= 4 is 27.6 Å². The normalized spacial score (nSPS) is 15.1. The van der Waals surface area contributed by atoms with E-state index in [0.717, 1.165) is 29.8 Å². The summed E-state index contributed by atoms with van der Waals surface area (Å²) in [5.74, 6) is -2.76. The molecular formula is C28H30FN3O6S. The van der Waals surface area contributed by atoms with E-state index in [1.807, 2.05) is 12.1 Å². The molecule has 3 aromatic rings. The number of piperazine rings is 1. The van der Waals surface area contributed by atoms with Crippen LogP contribution in [-0.2, 0) is 20.0 Å². The molecule has 39 heavy (non-hydrogen) atoms. The lowest BCUT2D eigenvalue weighted by Gasteiger charge is -2.36. The molecule has 1 aliphatic heterocycles. The average Bonchev–Trinajstić information content (AvgIpc) is 3.46. The van der Waals surface area contributed by atoms with Crippen LogP contribution in [0.15, 0.2) is 76.2 Å². The van der Waals surface area contributed by atoms with E-state index >= 15 is 0 Å². The monoisotopic (exact) mass is 555 g/mol. The summed E-state index contributed by atoms with van der Waals surface area (Å²) < 4.78 is 45.3. The van der Waals surface area contributed by atoms with Crippen LogP contribution in [-0.4, -0.2) is 67.5 Å². The number of furan rings is 1. The number of hydrogen-bond acceptors (Lipinski definition) is 6. The topological polar surface area (TPSA) is 117 Å². The van der Waals surface area contributed by atoms with Gasteiger partial charge in [0.15, 0.2) is 5.76 Å². The first kappa shape index (κ1) is 28.0. The molecular weight excluding hydrogens is 525 g/mol. The Balaban J connectivity index is 1.50. The van der Waals surface area contributed by atoms with Crippen molar-refractivity contribution < 1.29 is 31.6 Å². The quantitative estimate of drug-likeness (QED) is 0.467. The van der Waals surface area contributed by atoms with Crippen LogP contribution in [0.3, 0.4) is 0 Å². The molecule has 1 saturated heterocycles. The largest absolute Gasteiger partial charge is 0.459 e. The molecule has 2 aromatic carbocycles. The highest BCUT2D eigenvalue weighted by Crippen LogP contribution is 2.23. The number of carbonyl (C=O) groups excluding carboxylic acids is 3. The first-order chi connectivity index (χ1) is 18.4. The number of benzene rings is 2. The highest BCUT2D eigenvalue weighted by atomic mass is 32.2. The number of carbonyl (C=O) groups is 3. The van der Waals surface area contributed by atoms with Gasteiger partial charge in [-0.3, -0.25) is 14.4 Å². The molecule has 2 heterocycles. The van der Waals surface area contributed by atoms with E-state index in [0.29, 0.717) is 5.56 Å². The Bertz CT molecular complexity index is 1440. The summed E-state index contributed by atoms with van der Waals surface area (Å²) in [6.07, 6.45) is 1.24. The van der Waals surface area contributed by atoms with Gasteiger partial charge in [0, 0.05) is 31.7 Å². The highest BCUT2D eigenvalue weighted by Gasteiger charge is 2.40. The molecule has 0 radical (unpaired) electrons. The Kier molecular flexibility index (Phi) is 7.91. The number of halogens is 1. The average molecular weight is 556 g/mol. The number of nitrogens with one attached hydrogen (secondary N) is 1. The number of nitrogens with zero attached hydrogens (tertiary/aromatic N) is 2. The molecule has 1 atom stereocenters. The van der Waals surface area contributed by atoms with Crippen molar-refractivity contribution in [2.45, 2.75) is 36.5 Å². The minimum atomic E-state index is -4.45. The smallest absolute Gasteiger partial charge is 0.288 e. The number of amides is 3. The summed E-state index contributed by atoms with van der Waals surface area (Å²) in [6, 6.07) is 14.2. The molecule has 0 spiro atoms. The third kappa shape index (κ3) is 6.19. The molecule has 4 rings (SSSR count). The van der Waals surface area contributed by atoms with E-state index in [4.69, 9.17) is 4.42 Å². The van der Waals surface area contributed by atoms with Crippen molar-refractivity contribution in [1.29, 1.82) is 0 Å². The summed E-state index contributed by atoms with van der Waals surface area (Å²) in [7, 11) is -4.45. The van der Waals surface area contributed by atoms with Gasteiger partial charge >= 0.3 is 0 Å². The molecule has 0 aliphatic carbocycles. The van der Waals surface area contributed by atoms with Gasteiger partial charge in [0.25, 0.3) is 17.7 Å². The van der Waals surface area contributed by atoms with Gasteiger partial charge < -0.3 is 19.5 Å². The maximum absolute atomic E-state index is 13.5. The van der Waals surface area contributed by atoms with E-state index in [1.54, 1.807) is 17.0 Å². The van der Waals surface area contributed by atoms with E-state index in [2.05, 4.69) is 26.1 Å². The maximum Gasteiger partial charge on any atom is 0.288 e. The van der Waals surface area contributed by atoms with Gasteiger partial charge in [0.05, 0.1) is 11.2 Å². The van der Waals surface area contributed by atoms with Gasteiger partial charge in [-0.05, 0) is 59.5 Å². The molecule has 9 nitrogen and oxygen atoms in total. The van der Waals surface area contributed by atoms with Crippen molar-refractivity contribution in [3.05, 3.63) is 89.6 Å². The number of hydrogen-bond donors (Lipinski definition) is 1. The lowest BCUT2D eigenvalue weighted by molar-refractivity contribution is -0.132. The zero-order valence-electron chi connectivity index (χ0n) is 21.9. The number of sulfone groups is 1. The lowest BCUT2D eigenvalue weighted by Crippen LogP contribution is -2.57. The van der Waals surface area contributed by atoms with Crippen LogP contribution < -0.4 is 5.32 Å². The van der Waals surface area contributed by atoms with Crippen LogP contribution in [0, 0.1) is 5.82 Å². The van der Waals surface area contributed by atoms with Crippen molar-refractivity contribution in [3.8, 4) is 0 Å². The molecule has 3 amide bonds. The fourth-order valence-electron chi connectivity index (χ4n) is 4.22. The molecule has 1 aliphatic rings. The van der Waals surface area contributed by atoms with Gasteiger partial charge in [-0.15, -0.1) is 0 Å². The van der Waals surface area contributed by atoms with E-state index in [9.17, 15) is 27.2 Å². The first-order valence-corrected chi connectivity index (χ1v) is 13.9. The van der Waals surface area contributed by atoms with Gasteiger partial charge in [0.1, 0.15) is 5.82 Å². The van der Waals surface area contributed by atoms with Crippen molar-refractivity contribution in [1.82, 2.24) is 15.1 Å². The first-order valence-electron chi connectivity index (χ1n) is 12.4. The lowest BCUT2D eigenvalue weighted by atomic mass is 9.86. The third-order valence-electron chi connectivity index (χ3n) is 6.56. The van der Waals surface area contributed by atoms with Crippen molar-refractivity contribution in [2.75, 3.05) is 26.2 Å². The van der Waals surface area contributed by atoms with Gasteiger partial charge in [0.2, 0.25) is 15.2 Å². The standard InChI is InChI=1S/C28H30FN3O6S/c1-28(2,3)20-8-6-19(7-9-20)26(34)31-14-16-32(17-15-31)27(35)25(30-24(33)23-5-4-18-38-23)39(36,37)22-12-10-21(29)11-13-22/h4-13,18,25H,14-17H2,1-3H3,(H,30,33)/t25-/m0/s1. The Morgan fingerprint density at radius 3 is 2.03 bits per heavy atom. The Hall–Kier alpha value is -3.99. The fourth-order valence-corrected chi connectivity index (χ4v) is 5.69. The van der Waals surface area contributed by atoms with Gasteiger partial charge in [-0.2, -0.15) is 0 Å². The van der Waals surface area contributed by atoms with Crippen LogP contribution in [0.1, 0.15) is 47.2 Å². The molecule has 11 heteroatoms. The SMILES string of the molecule is CC(C)(C)c1ccc(C(=O)N2CCN(C(=O)[C@@H](NC(=O)c3ccco3)S(=O)(=O)c3ccc(F)cc3)CC2)cc1. The minimum absolute atomic E-state index is 0.0509. The van der Waals surface area contributed by atoms with Crippen molar-refractivity contribution in [3.63, 3.8) is 0 Å². The van der Waals surface area contributed by atoms with E-state index in [-0.39, 0.29) is 48.2 Å². The number of rotatable bonds is 6. The summed E-state index contributed by atoms with van der Waals surface area (Å²) >= 11 is 0. The molecule has 0 unspecified atom stereocenters. The minimum Gasteiger partial charge on any atom is -0.459 e. The summed E-state index contributed by atoms with van der Waals surface area (Å²) in [4.78, 5) is 41.8. The molecule has 1 aromatic heterocycles. The fraction of sp³-hybridized carbons (Fsp3) is 0.321. The second-order valence-electron chi connectivity index (χ2n) is 10.3. The molecule has 0 saturated carbocycles. The van der Waals surface area contributed by atoms with E-state index < -0.39 is 32.8 Å². The van der Waals surface area contributed by atoms with E-state index in [1.165, 1.54) is 23.3 Å². The van der Waals surface area contributed by atoms with Crippen molar-refractivity contribution in [2.24, 2.45) is 0 Å². The second-order valence-corrected chi connectivity index (χ2v) is 12.3. The second kappa shape index (κ2) is 11.0. The van der Waals surface area contributed by atoms with Crippen LogP contribution in [0.2, 0.25) is 0 Å². The molecule has 206 valence electrons. The Labute approximate surface area is 226 Å². The predicted octanol–water partition coefficient (Wildman–Crippen LogP) is 3.23. The summed E-state index contributed by atoms with van der Waals surface area (Å²) in [5, 5.41) is 0.282. The van der Waals surface area contributed by atoms with Crippen LogP contribution in [0.5, 0.6) is 0 Å². The maximum atomic E-state index is 13.5. The Morgan fingerprint density at radius 2 is 1.49 bits per heavy atom. The molecule has 1 fully saturated rings. The highest BCUT2D eigenvalue weighted by molar-refractivity contribution is 7.92.